The van der Waals surface area contributed by atoms with Gasteiger partial charge in [0.1, 0.15) is 11.5 Å². The zero-order chi connectivity index (χ0) is 22.6. The molecule has 2 aromatic heterocycles. The molecule has 0 amide bonds. The molecule has 1 atom stereocenters. The molecule has 2 saturated heterocycles. The second-order valence-electron chi connectivity index (χ2n) is 9.10. The Morgan fingerprint density at radius 2 is 1.91 bits per heavy atom. The number of benzene rings is 1. The van der Waals surface area contributed by atoms with E-state index in [1.165, 1.54) is 12.1 Å². The number of piperazine rings is 1. The third-order valence-corrected chi connectivity index (χ3v) is 6.51. The zero-order valence-corrected chi connectivity index (χ0v) is 19.1. The molecule has 4 heterocycles. The van der Waals surface area contributed by atoms with E-state index >= 15 is 0 Å². The van der Waals surface area contributed by atoms with Gasteiger partial charge < -0.3 is 15.5 Å². The molecule has 0 spiro atoms. The number of anilines is 2. The Kier molecular flexibility index (Phi) is 6.55. The van der Waals surface area contributed by atoms with Crippen molar-refractivity contribution in [3.63, 3.8) is 0 Å². The van der Waals surface area contributed by atoms with Crippen molar-refractivity contribution in [1.29, 1.82) is 0 Å². The summed E-state index contributed by atoms with van der Waals surface area (Å²) in [5.41, 5.74) is 3.07. The van der Waals surface area contributed by atoms with Crippen LogP contribution in [0, 0.1) is 5.82 Å². The van der Waals surface area contributed by atoms with Crippen molar-refractivity contribution in [2.75, 3.05) is 42.9 Å². The quantitative estimate of drug-likeness (QED) is 0.602. The number of hydrogen-bond donors (Lipinski definition) is 2. The number of hydrogen-bond acceptors (Lipinski definition) is 6. The minimum absolute atomic E-state index is 0.206. The van der Waals surface area contributed by atoms with E-state index in [4.69, 9.17) is 10.1 Å². The Hall–Kier alpha value is -2.97. The fraction of sp³-hybridized carbons (Fsp3) is 0.440. The van der Waals surface area contributed by atoms with Crippen LogP contribution in [-0.2, 0) is 6.54 Å². The van der Waals surface area contributed by atoms with Crippen molar-refractivity contribution in [2.24, 2.45) is 0 Å². The average Bonchev–Trinajstić information content (AvgIpc) is 3.29. The normalized spacial score (nSPS) is 20.2. The maximum atomic E-state index is 13.2. The van der Waals surface area contributed by atoms with Crippen LogP contribution >= 0.6 is 0 Å². The number of piperidine rings is 1. The van der Waals surface area contributed by atoms with Gasteiger partial charge in [-0.25, -0.2) is 14.1 Å². The van der Waals surface area contributed by atoms with Crippen LogP contribution in [0.25, 0.3) is 5.69 Å². The van der Waals surface area contributed by atoms with Gasteiger partial charge in [-0.3, -0.25) is 4.90 Å². The second kappa shape index (κ2) is 9.89. The van der Waals surface area contributed by atoms with Gasteiger partial charge in [-0.15, -0.1) is 0 Å². The number of nitrogens with one attached hydrogen (secondary N) is 2. The number of pyridine rings is 1. The molecule has 5 rings (SSSR count). The third kappa shape index (κ3) is 5.34. The van der Waals surface area contributed by atoms with Gasteiger partial charge in [0.05, 0.1) is 5.69 Å². The highest BCUT2D eigenvalue weighted by atomic mass is 19.1. The zero-order valence-electron chi connectivity index (χ0n) is 19.1. The molecule has 1 aromatic carbocycles. The van der Waals surface area contributed by atoms with Gasteiger partial charge in [-0.05, 0) is 62.2 Å². The van der Waals surface area contributed by atoms with Crippen molar-refractivity contribution >= 4 is 11.5 Å². The molecule has 2 N–H and O–H groups in total. The average molecular weight is 450 g/mol. The van der Waals surface area contributed by atoms with Gasteiger partial charge in [-0.2, -0.15) is 5.10 Å². The molecule has 0 radical (unpaired) electrons. The highest BCUT2D eigenvalue weighted by Gasteiger charge is 2.23. The lowest BCUT2D eigenvalue weighted by molar-refractivity contribution is 0.197. The van der Waals surface area contributed by atoms with E-state index < -0.39 is 0 Å². The van der Waals surface area contributed by atoms with E-state index in [2.05, 4.69) is 39.5 Å². The third-order valence-electron chi connectivity index (χ3n) is 6.51. The minimum Gasteiger partial charge on any atom is -0.382 e. The molecule has 2 aliphatic heterocycles. The smallest absolute Gasteiger partial charge is 0.154 e. The summed E-state index contributed by atoms with van der Waals surface area (Å²) in [6, 6.07) is 13.7. The summed E-state index contributed by atoms with van der Waals surface area (Å²) < 4.78 is 15.1. The first-order chi connectivity index (χ1) is 16.1. The molecule has 0 saturated carbocycles. The summed E-state index contributed by atoms with van der Waals surface area (Å²) in [7, 11) is 0. The first-order valence-corrected chi connectivity index (χ1v) is 11.9. The van der Waals surface area contributed by atoms with Gasteiger partial charge in [0.15, 0.2) is 5.82 Å². The second-order valence-corrected chi connectivity index (χ2v) is 9.10. The number of rotatable bonds is 6. The lowest BCUT2D eigenvalue weighted by Gasteiger charge is -2.34. The Labute approximate surface area is 194 Å². The number of nitrogens with zero attached hydrogens (tertiary/aromatic N) is 5. The Morgan fingerprint density at radius 1 is 1.09 bits per heavy atom. The van der Waals surface area contributed by atoms with Gasteiger partial charge in [0.2, 0.25) is 0 Å². The topological polar surface area (TPSA) is 61.3 Å². The SMILES string of the molecule is C[C@H]1CN(Cc2ccn(-c3cccnc3N3CCC(Nc4ccc(F)cc4)CC3)n2)CCN1. The molecule has 0 bridgehead atoms. The molecule has 8 heteroatoms. The van der Waals surface area contributed by atoms with Crippen molar-refractivity contribution in [1.82, 2.24) is 25.0 Å². The molecular formula is C25H32FN7. The lowest BCUT2D eigenvalue weighted by Crippen LogP contribution is -2.48. The molecule has 2 fully saturated rings. The predicted octanol–water partition coefficient (Wildman–Crippen LogP) is 3.28. The Balaban J connectivity index is 1.23. The molecule has 7 nitrogen and oxygen atoms in total. The van der Waals surface area contributed by atoms with Crippen LogP contribution in [0.4, 0.5) is 15.9 Å². The minimum atomic E-state index is -0.206. The largest absolute Gasteiger partial charge is 0.382 e. The van der Waals surface area contributed by atoms with E-state index in [0.717, 1.165) is 75.0 Å². The maximum absolute atomic E-state index is 13.2. The fourth-order valence-corrected chi connectivity index (χ4v) is 4.79. The van der Waals surface area contributed by atoms with Gasteiger partial charge in [0.25, 0.3) is 0 Å². The van der Waals surface area contributed by atoms with Crippen LogP contribution < -0.4 is 15.5 Å². The summed E-state index contributed by atoms with van der Waals surface area (Å²) in [6.07, 6.45) is 5.90. The summed E-state index contributed by atoms with van der Waals surface area (Å²) >= 11 is 0. The van der Waals surface area contributed by atoms with E-state index in [1.807, 2.05) is 23.1 Å². The standard InChI is InChI=1S/C25H32FN7/c1-19-17-31(16-12-27-19)18-23-10-15-33(30-23)24-3-2-11-28-25(24)32-13-8-22(9-14-32)29-21-6-4-20(26)5-7-21/h2-7,10-11,15,19,22,27,29H,8-9,12-14,16-18H2,1H3/t19-/m0/s1. The van der Waals surface area contributed by atoms with Gasteiger partial charge in [0, 0.05) is 69.4 Å². The number of aromatic nitrogens is 3. The van der Waals surface area contributed by atoms with Crippen LogP contribution in [0.15, 0.2) is 54.9 Å². The summed E-state index contributed by atoms with van der Waals surface area (Å²) in [5.74, 6) is 0.769. The van der Waals surface area contributed by atoms with Gasteiger partial charge >= 0.3 is 0 Å². The predicted molar refractivity (Wildman–Crippen MR) is 129 cm³/mol. The van der Waals surface area contributed by atoms with Crippen LogP contribution in [-0.4, -0.2) is 64.5 Å². The Bertz CT molecular complexity index is 1040. The highest BCUT2D eigenvalue weighted by Crippen LogP contribution is 2.26. The van der Waals surface area contributed by atoms with Crippen molar-refractivity contribution in [3.05, 3.63) is 66.4 Å². The van der Waals surface area contributed by atoms with E-state index in [0.29, 0.717) is 12.1 Å². The lowest BCUT2D eigenvalue weighted by atomic mass is 10.0. The van der Waals surface area contributed by atoms with Crippen LogP contribution in [0.3, 0.4) is 0 Å². The first-order valence-electron chi connectivity index (χ1n) is 11.9. The first kappa shape index (κ1) is 21.9. The van der Waals surface area contributed by atoms with Crippen molar-refractivity contribution in [2.45, 2.75) is 38.4 Å². The highest BCUT2D eigenvalue weighted by molar-refractivity contribution is 5.57. The Morgan fingerprint density at radius 3 is 2.70 bits per heavy atom. The van der Waals surface area contributed by atoms with E-state index in [-0.39, 0.29) is 5.82 Å². The fourth-order valence-electron chi connectivity index (χ4n) is 4.79. The molecule has 0 aliphatic carbocycles. The van der Waals surface area contributed by atoms with Crippen molar-refractivity contribution < 1.29 is 4.39 Å². The van der Waals surface area contributed by atoms with E-state index in [9.17, 15) is 4.39 Å². The summed E-state index contributed by atoms with van der Waals surface area (Å²) in [4.78, 5) is 9.52. The molecule has 33 heavy (non-hydrogen) atoms. The van der Waals surface area contributed by atoms with Crippen molar-refractivity contribution in [3.8, 4) is 5.69 Å². The molecule has 0 unspecified atom stereocenters. The van der Waals surface area contributed by atoms with Crippen LogP contribution in [0.5, 0.6) is 0 Å². The summed E-state index contributed by atoms with van der Waals surface area (Å²) in [5, 5.41) is 11.9. The van der Waals surface area contributed by atoms with Crippen LogP contribution in [0.1, 0.15) is 25.5 Å². The molecular weight excluding hydrogens is 417 g/mol. The molecule has 3 aromatic rings. The molecule has 174 valence electrons. The maximum Gasteiger partial charge on any atom is 0.154 e. The monoisotopic (exact) mass is 449 g/mol. The van der Waals surface area contributed by atoms with Crippen LogP contribution in [0.2, 0.25) is 0 Å². The molecule has 2 aliphatic rings. The van der Waals surface area contributed by atoms with E-state index in [1.54, 1.807) is 12.1 Å². The summed E-state index contributed by atoms with van der Waals surface area (Å²) in [6.45, 7) is 8.05. The number of halogens is 1. The van der Waals surface area contributed by atoms with Gasteiger partial charge in [-0.1, -0.05) is 0 Å².